The monoisotopic (exact) mass is 243 g/mol. The SMILES string of the molecule is CC(=O)CC1CCCN1CC=Cc1ccccc1. The van der Waals surface area contributed by atoms with Gasteiger partial charge in [-0.25, -0.2) is 0 Å². The first-order chi connectivity index (χ1) is 8.75. The largest absolute Gasteiger partial charge is 0.300 e. The minimum Gasteiger partial charge on any atom is -0.300 e. The molecular formula is C16H21NO. The Hall–Kier alpha value is -1.41. The number of hydrogen-bond acceptors (Lipinski definition) is 2. The van der Waals surface area contributed by atoms with Gasteiger partial charge in [-0.05, 0) is 31.9 Å². The molecule has 1 aromatic rings. The highest BCUT2D eigenvalue weighted by Crippen LogP contribution is 2.20. The van der Waals surface area contributed by atoms with Crippen LogP contribution in [0.1, 0.15) is 31.7 Å². The zero-order valence-electron chi connectivity index (χ0n) is 11.0. The van der Waals surface area contributed by atoms with Gasteiger partial charge in [-0.15, -0.1) is 0 Å². The topological polar surface area (TPSA) is 20.3 Å². The molecule has 0 bridgehead atoms. The van der Waals surface area contributed by atoms with Gasteiger partial charge in [-0.2, -0.15) is 0 Å². The number of likely N-dealkylation sites (tertiary alicyclic amines) is 1. The first kappa shape index (κ1) is 13.0. The van der Waals surface area contributed by atoms with E-state index in [1.807, 2.05) is 18.2 Å². The Labute approximate surface area is 109 Å². The summed E-state index contributed by atoms with van der Waals surface area (Å²) >= 11 is 0. The van der Waals surface area contributed by atoms with E-state index < -0.39 is 0 Å². The molecule has 18 heavy (non-hydrogen) atoms. The van der Waals surface area contributed by atoms with Crippen LogP contribution in [0.25, 0.3) is 6.08 Å². The molecule has 96 valence electrons. The van der Waals surface area contributed by atoms with Crippen LogP contribution in [0.3, 0.4) is 0 Å². The van der Waals surface area contributed by atoms with Crippen LogP contribution >= 0.6 is 0 Å². The van der Waals surface area contributed by atoms with Gasteiger partial charge in [0, 0.05) is 19.0 Å². The van der Waals surface area contributed by atoms with Crippen molar-refractivity contribution < 1.29 is 4.79 Å². The maximum atomic E-state index is 11.2. The number of nitrogens with zero attached hydrogens (tertiary/aromatic N) is 1. The second kappa shape index (κ2) is 6.50. The summed E-state index contributed by atoms with van der Waals surface area (Å²) in [5.74, 6) is 0.305. The van der Waals surface area contributed by atoms with E-state index in [1.54, 1.807) is 6.92 Å². The third-order valence-corrected chi connectivity index (χ3v) is 3.47. The maximum absolute atomic E-state index is 11.2. The van der Waals surface area contributed by atoms with Gasteiger partial charge in [0.05, 0.1) is 0 Å². The molecule has 0 aliphatic carbocycles. The summed E-state index contributed by atoms with van der Waals surface area (Å²) in [5, 5.41) is 0. The van der Waals surface area contributed by atoms with E-state index in [0.717, 1.165) is 13.1 Å². The first-order valence-corrected chi connectivity index (χ1v) is 6.71. The summed E-state index contributed by atoms with van der Waals surface area (Å²) in [6, 6.07) is 10.8. The Kier molecular flexibility index (Phi) is 4.71. The van der Waals surface area contributed by atoms with Gasteiger partial charge in [-0.1, -0.05) is 42.5 Å². The lowest BCUT2D eigenvalue weighted by molar-refractivity contribution is -0.117. The van der Waals surface area contributed by atoms with Crippen molar-refractivity contribution in [1.82, 2.24) is 4.90 Å². The molecule has 1 atom stereocenters. The summed E-state index contributed by atoms with van der Waals surface area (Å²) in [5.41, 5.74) is 1.24. The normalized spacial score (nSPS) is 20.6. The predicted molar refractivity (Wildman–Crippen MR) is 75.4 cm³/mol. The number of benzene rings is 1. The molecule has 1 aliphatic heterocycles. The second-order valence-electron chi connectivity index (χ2n) is 5.01. The summed E-state index contributed by atoms with van der Waals surface area (Å²) in [6.45, 7) is 3.76. The Bertz CT molecular complexity index is 410. The Morgan fingerprint density at radius 2 is 2.17 bits per heavy atom. The molecule has 1 heterocycles. The van der Waals surface area contributed by atoms with E-state index >= 15 is 0 Å². The van der Waals surface area contributed by atoms with Crippen LogP contribution in [0.15, 0.2) is 36.4 Å². The number of carbonyl (C=O) groups excluding carboxylic acids is 1. The molecule has 0 radical (unpaired) electrons. The molecule has 0 amide bonds. The zero-order chi connectivity index (χ0) is 12.8. The number of rotatable bonds is 5. The third-order valence-electron chi connectivity index (χ3n) is 3.47. The van der Waals surface area contributed by atoms with Gasteiger partial charge >= 0.3 is 0 Å². The molecular weight excluding hydrogens is 222 g/mol. The van der Waals surface area contributed by atoms with Gasteiger partial charge in [0.1, 0.15) is 5.78 Å². The lowest BCUT2D eigenvalue weighted by atomic mass is 10.1. The summed E-state index contributed by atoms with van der Waals surface area (Å²) < 4.78 is 0. The van der Waals surface area contributed by atoms with E-state index in [1.165, 1.54) is 18.4 Å². The minimum absolute atomic E-state index is 0.305. The van der Waals surface area contributed by atoms with Crippen molar-refractivity contribution in [2.75, 3.05) is 13.1 Å². The van der Waals surface area contributed by atoms with Gasteiger partial charge in [0.15, 0.2) is 0 Å². The van der Waals surface area contributed by atoms with Crippen LogP contribution in [0.2, 0.25) is 0 Å². The zero-order valence-corrected chi connectivity index (χ0v) is 11.0. The van der Waals surface area contributed by atoms with Gasteiger partial charge in [-0.3, -0.25) is 9.69 Å². The summed E-state index contributed by atoms with van der Waals surface area (Å²) in [6.07, 6.45) is 7.45. The molecule has 1 aliphatic rings. The van der Waals surface area contributed by atoms with E-state index in [0.29, 0.717) is 18.2 Å². The van der Waals surface area contributed by atoms with E-state index in [4.69, 9.17) is 0 Å². The highest BCUT2D eigenvalue weighted by atomic mass is 16.1. The number of Topliss-reactive ketones (excluding diaryl/α,β-unsaturated/α-hetero) is 1. The Morgan fingerprint density at radius 3 is 2.89 bits per heavy atom. The van der Waals surface area contributed by atoms with Gasteiger partial charge in [0.2, 0.25) is 0 Å². The highest BCUT2D eigenvalue weighted by molar-refractivity contribution is 5.76. The van der Waals surface area contributed by atoms with Crippen LogP contribution in [-0.4, -0.2) is 29.8 Å². The standard InChI is InChI=1S/C16H21NO/c1-14(18)13-16-10-6-12-17(16)11-5-9-15-7-3-2-4-8-15/h2-5,7-9,16H,6,10-13H2,1H3. The van der Waals surface area contributed by atoms with Crippen molar-refractivity contribution >= 4 is 11.9 Å². The van der Waals surface area contributed by atoms with Crippen molar-refractivity contribution in [2.24, 2.45) is 0 Å². The van der Waals surface area contributed by atoms with Crippen LogP contribution in [0.5, 0.6) is 0 Å². The summed E-state index contributed by atoms with van der Waals surface area (Å²) in [7, 11) is 0. The van der Waals surface area contributed by atoms with Gasteiger partial charge < -0.3 is 0 Å². The van der Waals surface area contributed by atoms with Crippen molar-refractivity contribution in [3.63, 3.8) is 0 Å². The van der Waals surface area contributed by atoms with Crippen molar-refractivity contribution in [3.05, 3.63) is 42.0 Å². The fourth-order valence-electron chi connectivity index (χ4n) is 2.59. The lowest BCUT2D eigenvalue weighted by Gasteiger charge is -2.21. The van der Waals surface area contributed by atoms with Crippen LogP contribution in [0.4, 0.5) is 0 Å². The third kappa shape index (κ3) is 3.81. The Balaban J connectivity index is 1.86. The van der Waals surface area contributed by atoms with Gasteiger partial charge in [0.25, 0.3) is 0 Å². The Morgan fingerprint density at radius 1 is 1.39 bits per heavy atom. The molecule has 1 unspecified atom stereocenters. The van der Waals surface area contributed by atoms with E-state index in [2.05, 4.69) is 29.2 Å². The molecule has 1 aromatic carbocycles. The molecule has 0 N–H and O–H groups in total. The number of ketones is 1. The number of hydrogen-bond donors (Lipinski definition) is 0. The maximum Gasteiger partial charge on any atom is 0.131 e. The van der Waals surface area contributed by atoms with Crippen LogP contribution in [0, 0.1) is 0 Å². The first-order valence-electron chi connectivity index (χ1n) is 6.71. The number of carbonyl (C=O) groups is 1. The quantitative estimate of drug-likeness (QED) is 0.792. The van der Waals surface area contributed by atoms with E-state index in [-0.39, 0.29) is 0 Å². The molecule has 0 saturated carbocycles. The fraction of sp³-hybridized carbons (Fsp3) is 0.438. The van der Waals surface area contributed by atoms with E-state index in [9.17, 15) is 4.79 Å². The average Bonchev–Trinajstić information content (AvgIpc) is 2.77. The highest BCUT2D eigenvalue weighted by Gasteiger charge is 2.24. The lowest BCUT2D eigenvalue weighted by Crippen LogP contribution is -2.30. The molecule has 2 nitrogen and oxygen atoms in total. The van der Waals surface area contributed by atoms with Crippen molar-refractivity contribution in [3.8, 4) is 0 Å². The molecule has 2 rings (SSSR count). The van der Waals surface area contributed by atoms with Crippen LogP contribution < -0.4 is 0 Å². The molecule has 1 saturated heterocycles. The molecule has 0 aromatic heterocycles. The predicted octanol–water partition coefficient (Wildman–Crippen LogP) is 3.14. The molecule has 0 spiro atoms. The van der Waals surface area contributed by atoms with Crippen molar-refractivity contribution in [2.45, 2.75) is 32.2 Å². The smallest absolute Gasteiger partial charge is 0.131 e. The fourth-order valence-corrected chi connectivity index (χ4v) is 2.59. The minimum atomic E-state index is 0.305. The average molecular weight is 243 g/mol. The van der Waals surface area contributed by atoms with Crippen LogP contribution in [-0.2, 0) is 4.79 Å². The van der Waals surface area contributed by atoms with Crippen molar-refractivity contribution in [1.29, 1.82) is 0 Å². The molecule has 2 heteroatoms. The molecule has 1 fully saturated rings. The summed E-state index contributed by atoms with van der Waals surface area (Å²) in [4.78, 5) is 13.6. The second-order valence-corrected chi connectivity index (χ2v) is 5.01.